The van der Waals surface area contributed by atoms with Crippen molar-refractivity contribution in [3.8, 4) is 0 Å². The molecule has 0 aliphatic rings. The molecule has 2 rings (SSSR count). The number of rotatable bonds is 4. The number of hydrogen-bond donors (Lipinski definition) is 1. The molecule has 0 fully saturated rings. The van der Waals surface area contributed by atoms with Crippen LogP contribution in [-0.4, -0.2) is 9.78 Å². The number of nitrogens with zero attached hydrogens (tertiary/aromatic N) is 2. The second kappa shape index (κ2) is 5.71. The van der Waals surface area contributed by atoms with Crippen LogP contribution in [0.5, 0.6) is 0 Å². The number of aromatic nitrogens is 2. The number of nitrogens with two attached hydrogens (primary N) is 1. The van der Waals surface area contributed by atoms with Crippen molar-refractivity contribution < 1.29 is 8.78 Å². The van der Waals surface area contributed by atoms with Gasteiger partial charge in [-0.3, -0.25) is 4.68 Å². The number of benzene rings is 1. The number of aryl methyl sites for hydroxylation is 1. The van der Waals surface area contributed by atoms with Crippen molar-refractivity contribution in [3.05, 3.63) is 52.3 Å². The Hall–Kier alpha value is -1.75. The summed E-state index contributed by atoms with van der Waals surface area (Å²) in [7, 11) is 0. The fourth-order valence-electron chi connectivity index (χ4n) is 2.51. The van der Waals surface area contributed by atoms with E-state index in [0.717, 1.165) is 23.9 Å². The van der Waals surface area contributed by atoms with Crippen molar-refractivity contribution in [2.45, 2.75) is 39.8 Å². The lowest BCUT2D eigenvalue weighted by Crippen LogP contribution is -2.21. The van der Waals surface area contributed by atoms with Gasteiger partial charge in [-0.2, -0.15) is 5.10 Å². The Kier molecular flexibility index (Phi) is 4.18. The molecule has 1 atom stereocenters. The van der Waals surface area contributed by atoms with E-state index in [4.69, 9.17) is 5.73 Å². The van der Waals surface area contributed by atoms with Crippen molar-refractivity contribution in [1.82, 2.24) is 9.78 Å². The molecule has 20 heavy (non-hydrogen) atoms. The van der Waals surface area contributed by atoms with E-state index in [1.54, 1.807) is 4.68 Å². The van der Waals surface area contributed by atoms with Gasteiger partial charge >= 0.3 is 0 Å². The maximum Gasteiger partial charge on any atom is 0.163 e. The molecule has 2 N–H and O–H groups in total. The first kappa shape index (κ1) is 14.7. The van der Waals surface area contributed by atoms with E-state index in [1.165, 1.54) is 17.7 Å². The predicted octanol–water partition coefficient (Wildman–Crippen LogP) is 3.04. The van der Waals surface area contributed by atoms with Gasteiger partial charge in [-0.25, -0.2) is 8.78 Å². The van der Waals surface area contributed by atoms with Crippen LogP contribution in [0.25, 0.3) is 0 Å². The molecule has 5 heteroatoms. The van der Waals surface area contributed by atoms with Crippen molar-refractivity contribution in [1.29, 1.82) is 0 Å². The van der Waals surface area contributed by atoms with Gasteiger partial charge in [0.2, 0.25) is 0 Å². The highest BCUT2D eigenvalue weighted by atomic mass is 19.2. The van der Waals surface area contributed by atoms with Gasteiger partial charge in [-0.05, 0) is 31.9 Å². The van der Waals surface area contributed by atoms with Crippen molar-refractivity contribution in [3.63, 3.8) is 0 Å². The van der Waals surface area contributed by atoms with E-state index in [9.17, 15) is 8.78 Å². The zero-order chi connectivity index (χ0) is 14.9. The molecule has 1 aromatic heterocycles. The van der Waals surface area contributed by atoms with E-state index < -0.39 is 17.7 Å². The minimum Gasteiger partial charge on any atom is -0.322 e. The summed E-state index contributed by atoms with van der Waals surface area (Å²) in [5, 5.41) is 4.42. The lowest BCUT2D eigenvalue weighted by Gasteiger charge is -2.14. The molecule has 0 aliphatic carbocycles. The summed E-state index contributed by atoms with van der Waals surface area (Å²) in [5.41, 5.74) is 9.33. The molecular weight excluding hydrogens is 260 g/mol. The lowest BCUT2D eigenvalue weighted by atomic mass is 10.1. The largest absolute Gasteiger partial charge is 0.322 e. The molecule has 0 bridgehead atoms. The molecular formula is C15H19F2N3. The summed E-state index contributed by atoms with van der Waals surface area (Å²) < 4.78 is 28.7. The summed E-state index contributed by atoms with van der Waals surface area (Å²) in [5.74, 6) is -1.75. The van der Waals surface area contributed by atoms with E-state index in [0.29, 0.717) is 6.54 Å². The van der Waals surface area contributed by atoms with Gasteiger partial charge in [0.15, 0.2) is 11.6 Å². The minimum absolute atomic E-state index is 0.176. The van der Waals surface area contributed by atoms with Gasteiger partial charge < -0.3 is 5.73 Å². The number of halogens is 2. The molecule has 1 heterocycles. The van der Waals surface area contributed by atoms with Gasteiger partial charge in [0, 0.05) is 11.3 Å². The standard InChI is InChI=1S/C15H19F2N3/c1-4-11-9(2)19-20(10(11)3)8-14(18)12-6-5-7-13(16)15(12)17/h5-7,14H,4,8,18H2,1-3H3. The first-order valence-electron chi connectivity index (χ1n) is 6.68. The van der Waals surface area contributed by atoms with E-state index in [-0.39, 0.29) is 5.56 Å². The smallest absolute Gasteiger partial charge is 0.163 e. The van der Waals surface area contributed by atoms with Crippen LogP contribution in [0.2, 0.25) is 0 Å². The Balaban J connectivity index is 2.28. The fraction of sp³-hybridized carbons (Fsp3) is 0.400. The average molecular weight is 279 g/mol. The first-order chi connectivity index (χ1) is 9.45. The summed E-state index contributed by atoms with van der Waals surface area (Å²) in [6.45, 7) is 6.30. The van der Waals surface area contributed by atoms with E-state index in [2.05, 4.69) is 12.0 Å². The van der Waals surface area contributed by atoms with Crippen LogP contribution in [0.3, 0.4) is 0 Å². The third-order valence-corrected chi connectivity index (χ3v) is 3.64. The molecule has 1 unspecified atom stereocenters. The zero-order valence-electron chi connectivity index (χ0n) is 12.0. The van der Waals surface area contributed by atoms with Crippen LogP contribution in [0, 0.1) is 25.5 Å². The molecule has 0 saturated heterocycles. The van der Waals surface area contributed by atoms with Gasteiger partial charge in [-0.15, -0.1) is 0 Å². The van der Waals surface area contributed by atoms with Crippen molar-refractivity contribution >= 4 is 0 Å². The Morgan fingerprint density at radius 3 is 2.60 bits per heavy atom. The third kappa shape index (κ3) is 2.58. The Labute approximate surface area is 117 Å². The second-order valence-corrected chi connectivity index (χ2v) is 4.93. The monoisotopic (exact) mass is 279 g/mol. The van der Waals surface area contributed by atoms with Crippen LogP contribution >= 0.6 is 0 Å². The second-order valence-electron chi connectivity index (χ2n) is 4.93. The molecule has 108 valence electrons. The highest BCUT2D eigenvalue weighted by Crippen LogP contribution is 2.21. The van der Waals surface area contributed by atoms with Crippen molar-refractivity contribution in [2.75, 3.05) is 0 Å². The van der Waals surface area contributed by atoms with Gasteiger partial charge in [-0.1, -0.05) is 19.1 Å². The molecule has 0 radical (unpaired) electrons. The van der Waals surface area contributed by atoms with Gasteiger partial charge in [0.25, 0.3) is 0 Å². The van der Waals surface area contributed by atoms with Crippen molar-refractivity contribution in [2.24, 2.45) is 5.73 Å². The Morgan fingerprint density at radius 2 is 2.00 bits per heavy atom. The Morgan fingerprint density at radius 1 is 1.30 bits per heavy atom. The zero-order valence-corrected chi connectivity index (χ0v) is 12.0. The van der Waals surface area contributed by atoms with E-state index >= 15 is 0 Å². The first-order valence-corrected chi connectivity index (χ1v) is 6.68. The highest BCUT2D eigenvalue weighted by molar-refractivity contribution is 5.26. The summed E-state index contributed by atoms with van der Waals surface area (Å²) in [4.78, 5) is 0. The topological polar surface area (TPSA) is 43.8 Å². The number of hydrogen-bond acceptors (Lipinski definition) is 2. The SMILES string of the molecule is CCc1c(C)nn(CC(N)c2cccc(F)c2F)c1C. The molecule has 0 spiro atoms. The molecule has 0 saturated carbocycles. The van der Waals surface area contributed by atoms with Crippen LogP contribution in [0.15, 0.2) is 18.2 Å². The molecule has 1 aromatic carbocycles. The predicted molar refractivity (Wildman–Crippen MR) is 74.4 cm³/mol. The maximum absolute atomic E-state index is 13.7. The summed E-state index contributed by atoms with van der Waals surface area (Å²) in [6, 6.07) is 3.43. The van der Waals surface area contributed by atoms with Crippen LogP contribution in [-0.2, 0) is 13.0 Å². The van der Waals surface area contributed by atoms with E-state index in [1.807, 2.05) is 13.8 Å². The van der Waals surface area contributed by atoms with Gasteiger partial charge in [0.1, 0.15) is 0 Å². The van der Waals surface area contributed by atoms with Crippen LogP contribution < -0.4 is 5.73 Å². The summed E-state index contributed by atoms with van der Waals surface area (Å²) in [6.07, 6.45) is 0.890. The molecule has 0 amide bonds. The third-order valence-electron chi connectivity index (χ3n) is 3.64. The fourth-order valence-corrected chi connectivity index (χ4v) is 2.51. The average Bonchev–Trinajstić information content (AvgIpc) is 2.67. The lowest BCUT2D eigenvalue weighted by molar-refractivity contribution is 0.460. The summed E-state index contributed by atoms with van der Waals surface area (Å²) >= 11 is 0. The minimum atomic E-state index is -0.878. The highest BCUT2D eigenvalue weighted by Gasteiger charge is 2.17. The van der Waals surface area contributed by atoms with Gasteiger partial charge in [0.05, 0.1) is 18.3 Å². The Bertz CT molecular complexity index is 620. The molecule has 0 aliphatic heterocycles. The van der Waals surface area contributed by atoms with Crippen LogP contribution in [0.1, 0.15) is 35.5 Å². The quantitative estimate of drug-likeness (QED) is 0.935. The molecule has 3 nitrogen and oxygen atoms in total. The maximum atomic E-state index is 13.7. The van der Waals surface area contributed by atoms with Crippen LogP contribution in [0.4, 0.5) is 8.78 Å². The molecule has 2 aromatic rings. The normalized spacial score (nSPS) is 12.7.